The maximum absolute atomic E-state index is 9.58. The number of benzene rings is 1. The van der Waals surface area contributed by atoms with Crippen molar-refractivity contribution in [2.45, 2.75) is 44.9 Å². The third kappa shape index (κ3) is 3.66. The normalized spacial score (nSPS) is 20.4. The molecule has 1 fully saturated rings. The SMILES string of the molecule is C[C@@H](O)C[C@@H]1CCCN1Cc1nc(-c2ccc(Cl)cc2)no1. The summed E-state index contributed by atoms with van der Waals surface area (Å²) in [5.41, 5.74) is 0.890. The molecule has 1 N–H and O–H groups in total. The molecule has 0 unspecified atom stereocenters. The fourth-order valence-electron chi connectivity index (χ4n) is 2.97. The molecule has 1 aliphatic heterocycles. The van der Waals surface area contributed by atoms with E-state index in [1.165, 1.54) is 0 Å². The van der Waals surface area contributed by atoms with Gasteiger partial charge in [-0.3, -0.25) is 4.90 Å². The Labute approximate surface area is 134 Å². The van der Waals surface area contributed by atoms with E-state index in [1.807, 2.05) is 31.2 Å². The van der Waals surface area contributed by atoms with Crippen LogP contribution in [0, 0.1) is 0 Å². The van der Waals surface area contributed by atoms with Gasteiger partial charge in [-0.05, 0) is 57.0 Å². The molecule has 0 spiro atoms. The van der Waals surface area contributed by atoms with Crippen LogP contribution in [0.3, 0.4) is 0 Å². The highest BCUT2D eigenvalue weighted by Crippen LogP contribution is 2.24. The van der Waals surface area contributed by atoms with E-state index in [1.54, 1.807) is 0 Å². The van der Waals surface area contributed by atoms with Crippen molar-refractivity contribution in [3.05, 3.63) is 35.2 Å². The smallest absolute Gasteiger partial charge is 0.241 e. The van der Waals surface area contributed by atoms with Crippen LogP contribution in [0.4, 0.5) is 0 Å². The van der Waals surface area contributed by atoms with E-state index in [2.05, 4.69) is 15.0 Å². The molecule has 22 heavy (non-hydrogen) atoms. The quantitative estimate of drug-likeness (QED) is 0.916. The zero-order valence-corrected chi connectivity index (χ0v) is 13.3. The third-order valence-corrected chi connectivity index (χ3v) is 4.27. The zero-order chi connectivity index (χ0) is 15.5. The lowest BCUT2D eigenvalue weighted by Gasteiger charge is -2.23. The van der Waals surface area contributed by atoms with E-state index in [9.17, 15) is 5.11 Å². The number of halogens is 1. The summed E-state index contributed by atoms with van der Waals surface area (Å²) < 4.78 is 5.37. The van der Waals surface area contributed by atoms with Crippen molar-refractivity contribution in [1.82, 2.24) is 15.0 Å². The summed E-state index contributed by atoms with van der Waals surface area (Å²) in [6.07, 6.45) is 2.77. The second-order valence-electron chi connectivity index (χ2n) is 5.87. The molecule has 5 nitrogen and oxygen atoms in total. The van der Waals surface area contributed by atoms with Crippen LogP contribution in [0.5, 0.6) is 0 Å². The van der Waals surface area contributed by atoms with Crippen LogP contribution in [-0.4, -0.2) is 38.8 Å². The minimum Gasteiger partial charge on any atom is -0.393 e. The molecule has 2 atom stereocenters. The minimum atomic E-state index is -0.280. The Hall–Kier alpha value is -1.43. The van der Waals surface area contributed by atoms with E-state index in [4.69, 9.17) is 16.1 Å². The van der Waals surface area contributed by atoms with Crippen LogP contribution in [0.2, 0.25) is 5.02 Å². The highest BCUT2D eigenvalue weighted by Gasteiger charge is 2.27. The number of hydrogen-bond acceptors (Lipinski definition) is 5. The third-order valence-electron chi connectivity index (χ3n) is 4.02. The van der Waals surface area contributed by atoms with Gasteiger partial charge in [0.2, 0.25) is 11.7 Å². The lowest BCUT2D eigenvalue weighted by molar-refractivity contribution is 0.124. The van der Waals surface area contributed by atoms with Gasteiger partial charge in [0.25, 0.3) is 0 Å². The summed E-state index contributed by atoms with van der Waals surface area (Å²) in [7, 11) is 0. The first-order valence-electron chi connectivity index (χ1n) is 7.62. The number of aliphatic hydroxyl groups excluding tert-OH is 1. The van der Waals surface area contributed by atoms with E-state index < -0.39 is 0 Å². The van der Waals surface area contributed by atoms with Gasteiger partial charge in [0.1, 0.15) is 0 Å². The number of hydrogen-bond donors (Lipinski definition) is 1. The first-order valence-corrected chi connectivity index (χ1v) is 8.00. The Morgan fingerprint density at radius 1 is 1.41 bits per heavy atom. The predicted octanol–water partition coefficient (Wildman–Crippen LogP) is 3.13. The van der Waals surface area contributed by atoms with Gasteiger partial charge in [-0.15, -0.1) is 0 Å². The van der Waals surface area contributed by atoms with Gasteiger partial charge in [-0.25, -0.2) is 0 Å². The molecule has 2 aromatic rings. The monoisotopic (exact) mass is 321 g/mol. The predicted molar refractivity (Wildman–Crippen MR) is 84.5 cm³/mol. The first kappa shape index (κ1) is 15.5. The number of aliphatic hydroxyl groups is 1. The molecule has 6 heteroatoms. The van der Waals surface area contributed by atoms with Gasteiger partial charge in [0, 0.05) is 16.6 Å². The van der Waals surface area contributed by atoms with Crippen molar-refractivity contribution >= 4 is 11.6 Å². The molecule has 0 aliphatic carbocycles. The second-order valence-corrected chi connectivity index (χ2v) is 6.31. The molecule has 0 saturated carbocycles. The molecule has 3 rings (SSSR count). The molecule has 1 aromatic heterocycles. The molecular formula is C16H20ClN3O2. The van der Waals surface area contributed by atoms with Gasteiger partial charge >= 0.3 is 0 Å². The van der Waals surface area contributed by atoms with E-state index >= 15 is 0 Å². The van der Waals surface area contributed by atoms with Crippen LogP contribution < -0.4 is 0 Å². The summed E-state index contributed by atoms with van der Waals surface area (Å²) in [6.45, 7) is 3.48. The van der Waals surface area contributed by atoms with Gasteiger partial charge in [-0.1, -0.05) is 16.8 Å². The number of nitrogens with zero attached hydrogens (tertiary/aromatic N) is 3. The van der Waals surface area contributed by atoms with Gasteiger partial charge in [0.05, 0.1) is 12.6 Å². The summed E-state index contributed by atoms with van der Waals surface area (Å²) in [4.78, 5) is 6.77. The highest BCUT2D eigenvalue weighted by atomic mass is 35.5. The van der Waals surface area contributed by atoms with Crippen molar-refractivity contribution in [3.63, 3.8) is 0 Å². The maximum atomic E-state index is 9.58. The number of aromatic nitrogens is 2. The number of likely N-dealkylation sites (tertiary alicyclic amines) is 1. The molecule has 0 amide bonds. The zero-order valence-electron chi connectivity index (χ0n) is 12.6. The van der Waals surface area contributed by atoms with Crippen molar-refractivity contribution in [2.75, 3.05) is 6.54 Å². The van der Waals surface area contributed by atoms with Crippen LogP contribution >= 0.6 is 11.6 Å². The van der Waals surface area contributed by atoms with Crippen molar-refractivity contribution in [3.8, 4) is 11.4 Å². The minimum absolute atomic E-state index is 0.280. The average Bonchev–Trinajstić information content (AvgIpc) is 3.10. The highest BCUT2D eigenvalue weighted by molar-refractivity contribution is 6.30. The summed E-state index contributed by atoms with van der Waals surface area (Å²) >= 11 is 5.88. The van der Waals surface area contributed by atoms with Crippen LogP contribution in [-0.2, 0) is 6.54 Å². The molecule has 0 radical (unpaired) electrons. The average molecular weight is 322 g/mol. The maximum Gasteiger partial charge on any atom is 0.241 e. The number of rotatable bonds is 5. The van der Waals surface area contributed by atoms with Crippen molar-refractivity contribution < 1.29 is 9.63 Å². The Morgan fingerprint density at radius 3 is 2.91 bits per heavy atom. The van der Waals surface area contributed by atoms with Crippen LogP contribution in [0.1, 0.15) is 32.1 Å². The molecule has 1 saturated heterocycles. The lowest BCUT2D eigenvalue weighted by atomic mass is 10.1. The molecule has 2 heterocycles. The van der Waals surface area contributed by atoms with Crippen LogP contribution in [0.15, 0.2) is 28.8 Å². The van der Waals surface area contributed by atoms with Gasteiger partial charge in [0.15, 0.2) is 0 Å². The second kappa shape index (κ2) is 6.77. The fourth-order valence-corrected chi connectivity index (χ4v) is 3.10. The van der Waals surface area contributed by atoms with E-state index in [0.717, 1.165) is 31.4 Å². The molecule has 1 aliphatic rings. The topological polar surface area (TPSA) is 62.4 Å². The Kier molecular flexibility index (Phi) is 4.76. The summed E-state index contributed by atoms with van der Waals surface area (Å²) in [5, 5.41) is 14.3. The van der Waals surface area contributed by atoms with Crippen LogP contribution in [0.25, 0.3) is 11.4 Å². The molecule has 0 bridgehead atoms. The first-order chi connectivity index (χ1) is 10.6. The fraction of sp³-hybridized carbons (Fsp3) is 0.500. The van der Waals surface area contributed by atoms with E-state index in [0.29, 0.717) is 29.3 Å². The Morgan fingerprint density at radius 2 is 2.18 bits per heavy atom. The van der Waals surface area contributed by atoms with Crippen molar-refractivity contribution in [2.24, 2.45) is 0 Å². The Bertz CT molecular complexity index is 612. The molecule has 1 aromatic carbocycles. The van der Waals surface area contributed by atoms with Gasteiger partial charge in [-0.2, -0.15) is 4.98 Å². The van der Waals surface area contributed by atoms with E-state index in [-0.39, 0.29) is 6.10 Å². The summed E-state index contributed by atoms with van der Waals surface area (Å²) in [6, 6.07) is 7.77. The van der Waals surface area contributed by atoms with Crippen molar-refractivity contribution in [1.29, 1.82) is 0 Å². The van der Waals surface area contributed by atoms with Gasteiger partial charge < -0.3 is 9.63 Å². The molecule has 118 valence electrons. The standard InChI is InChI=1S/C16H20ClN3O2/c1-11(21)9-14-3-2-8-20(14)10-15-18-16(19-22-15)12-4-6-13(17)7-5-12/h4-7,11,14,21H,2-3,8-10H2,1H3/t11-,14+/m1/s1. The Balaban J connectivity index is 1.67. The largest absolute Gasteiger partial charge is 0.393 e. The summed E-state index contributed by atoms with van der Waals surface area (Å²) in [5.74, 6) is 1.19. The lowest BCUT2D eigenvalue weighted by Crippen LogP contribution is -2.31. The molecular weight excluding hydrogens is 302 g/mol.